The van der Waals surface area contributed by atoms with Crippen molar-refractivity contribution in [3.8, 4) is 6.07 Å². The second-order valence-electron chi connectivity index (χ2n) is 4.92. The van der Waals surface area contributed by atoms with Crippen LogP contribution in [0.15, 0.2) is 18.5 Å². The molecule has 0 aliphatic rings. The summed E-state index contributed by atoms with van der Waals surface area (Å²) in [4.78, 5) is 3.92. The van der Waals surface area contributed by atoms with Gasteiger partial charge >= 0.3 is 7.48 Å². The zero-order chi connectivity index (χ0) is 13.1. The molecule has 0 saturated carbocycles. The van der Waals surface area contributed by atoms with Gasteiger partial charge in [0.25, 0.3) is 0 Å². The fraction of sp³-hybridized carbons (Fsp3) is 0.500. The molecule has 0 unspecified atom stereocenters. The van der Waals surface area contributed by atoms with E-state index in [-0.39, 0.29) is 0 Å². The summed E-state index contributed by atoms with van der Waals surface area (Å²) >= 11 is 0. The van der Waals surface area contributed by atoms with Crippen LogP contribution in [0.4, 0.5) is 0 Å². The Morgan fingerprint density at radius 3 is 2.53 bits per heavy atom. The van der Waals surface area contributed by atoms with Crippen LogP contribution in [0.3, 0.4) is 0 Å². The molecular formula is C12H16BN2O2. The van der Waals surface area contributed by atoms with Crippen molar-refractivity contribution >= 4 is 12.9 Å². The van der Waals surface area contributed by atoms with Crippen molar-refractivity contribution < 1.29 is 9.76 Å². The highest BCUT2D eigenvalue weighted by molar-refractivity contribution is 6.46. The average Bonchev–Trinajstić information content (AvgIpc) is 2.25. The number of aromatic nitrogens is 1. The summed E-state index contributed by atoms with van der Waals surface area (Å²) in [5.41, 5.74) is -0.524. The van der Waals surface area contributed by atoms with Gasteiger partial charge in [-0.2, -0.15) is 5.26 Å². The molecule has 1 radical (unpaired) electrons. The van der Waals surface area contributed by atoms with Crippen molar-refractivity contribution in [3.63, 3.8) is 0 Å². The molecule has 0 saturated heterocycles. The number of rotatable bonds is 4. The molecule has 0 bridgehead atoms. The Hall–Kier alpha value is -1.38. The van der Waals surface area contributed by atoms with Gasteiger partial charge in [0.2, 0.25) is 0 Å². The van der Waals surface area contributed by atoms with Crippen LogP contribution in [-0.4, -0.2) is 28.8 Å². The minimum absolute atomic E-state index is 0.475. The van der Waals surface area contributed by atoms with E-state index in [1.165, 1.54) is 13.7 Å². The Kier molecular flexibility index (Phi) is 3.92. The number of hydrogen-bond donors (Lipinski definition) is 1. The molecule has 89 valence electrons. The lowest BCUT2D eigenvalue weighted by molar-refractivity contribution is -0.0893. The molecule has 17 heavy (non-hydrogen) atoms. The summed E-state index contributed by atoms with van der Waals surface area (Å²) in [6.45, 7) is 6.96. The molecule has 1 aromatic heterocycles. The molecule has 0 fully saturated rings. The van der Waals surface area contributed by atoms with Gasteiger partial charge in [-0.25, -0.2) is 0 Å². The van der Waals surface area contributed by atoms with Crippen LogP contribution in [0, 0.1) is 11.3 Å². The van der Waals surface area contributed by atoms with E-state index >= 15 is 0 Å². The zero-order valence-electron chi connectivity index (χ0n) is 10.6. The summed E-state index contributed by atoms with van der Waals surface area (Å²) in [5, 5.41) is 18.6. The lowest BCUT2D eigenvalue weighted by atomic mass is 9.83. The highest BCUT2D eigenvalue weighted by Gasteiger charge is 2.35. The minimum atomic E-state index is -0.968. The van der Waals surface area contributed by atoms with Crippen LogP contribution in [0.1, 0.15) is 33.3 Å². The van der Waals surface area contributed by atoms with E-state index in [0.29, 0.717) is 11.0 Å². The molecule has 1 heterocycles. The Labute approximate surface area is 103 Å². The van der Waals surface area contributed by atoms with Gasteiger partial charge in [-0.3, -0.25) is 4.98 Å². The van der Waals surface area contributed by atoms with Crippen molar-refractivity contribution in [1.29, 1.82) is 5.26 Å². The molecule has 0 aliphatic heterocycles. The smallest absolute Gasteiger partial charge is 0.332 e. The third-order valence-electron chi connectivity index (χ3n) is 2.85. The van der Waals surface area contributed by atoms with Crippen LogP contribution in [-0.2, 0) is 4.65 Å². The molecule has 0 amide bonds. The van der Waals surface area contributed by atoms with Gasteiger partial charge < -0.3 is 9.76 Å². The zero-order valence-corrected chi connectivity index (χ0v) is 10.6. The number of pyridine rings is 1. The van der Waals surface area contributed by atoms with E-state index in [1.54, 1.807) is 40.0 Å². The monoisotopic (exact) mass is 231 g/mol. The van der Waals surface area contributed by atoms with Gasteiger partial charge in [-0.05, 0) is 39.2 Å². The number of nitrogens with zero attached hydrogens (tertiary/aromatic N) is 2. The van der Waals surface area contributed by atoms with Gasteiger partial charge in [0.15, 0.2) is 0 Å². The first kappa shape index (κ1) is 13.7. The molecule has 5 heteroatoms. The third-order valence-corrected chi connectivity index (χ3v) is 2.85. The lowest BCUT2D eigenvalue weighted by Crippen LogP contribution is -2.49. The Bertz CT molecular complexity index is 433. The first-order chi connectivity index (χ1) is 7.76. The van der Waals surface area contributed by atoms with E-state index in [2.05, 4.69) is 4.98 Å². The summed E-state index contributed by atoms with van der Waals surface area (Å²) in [5.74, 6) is 0. The predicted molar refractivity (Wildman–Crippen MR) is 65.8 cm³/mol. The Morgan fingerprint density at radius 2 is 2.00 bits per heavy atom. The summed E-state index contributed by atoms with van der Waals surface area (Å²) in [6.07, 6.45) is 3.08. The largest absolute Gasteiger partial charge is 0.427 e. The van der Waals surface area contributed by atoms with E-state index in [0.717, 1.165) is 0 Å². The summed E-state index contributed by atoms with van der Waals surface area (Å²) in [6, 6.07) is 3.68. The van der Waals surface area contributed by atoms with Crippen molar-refractivity contribution in [2.75, 3.05) is 0 Å². The van der Waals surface area contributed by atoms with Gasteiger partial charge in [0.05, 0.1) is 16.8 Å². The molecule has 1 aromatic rings. The maximum atomic E-state index is 9.91. The van der Waals surface area contributed by atoms with Crippen molar-refractivity contribution in [2.45, 2.75) is 38.9 Å². The fourth-order valence-electron chi connectivity index (χ4n) is 0.943. The average molecular weight is 231 g/mol. The molecule has 0 spiro atoms. The van der Waals surface area contributed by atoms with Crippen LogP contribution < -0.4 is 5.46 Å². The van der Waals surface area contributed by atoms with Gasteiger partial charge in [-0.15, -0.1) is 0 Å². The molecule has 1 rings (SSSR count). The standard InChI is InChI=1S/C12H16BN2O2/c1-11(2,16)12(3,4)17-13-10-5-9(6-14)7-15-8-10/h5,7-8,16H,1-4H3. The number of nitriles is 1. The van der Waals surface area contributed by atoms with Gasteiger partial charge in [0, 0.05) is 12.4 Å². The second-order valence-corrected chi connectivity index (χ2v) is 4.92. The molecule has 0 aliphatic carbocycles. The molecule has 1 N–H and O–H groups in total. The molecule has 0 atom stereocenters. The normalized spacial score (nSPS) is 12.0. The number of hydrogen-bond acceptors (Lipinski definition) is 4. The quantitative estimate of drug-likeness (QED) is 0.777. The van der Waals surface area contributed by atoms with Crippen molar-refractivity contribution in [2.24, 2.45) is 0 Å². The summed E-state index contributed by atoms with van der Waals surface area (Å²) < 4.78 is 5.56. The van der Waals surface area contributed by atoms with Gasteiger partial charge in [-0.1, -0.05) is 0 Å². The SMILES string of the molecule is CC(C)(O)C(C)(C)O[B]c1cncc(C#N)c1. The second kappa shape index (κ2) is 4.86. The van der Waals surface area contributed by atoms with E-state index < -0.39 is 11.2 Å². The van der Waals surface area contributed by atoms with Crippen molar-refractivity contribution in [1.82, 2.24) is 4.98 Å². The minimum Gasteiger partial charge on any atom is -0.427 e. The van der Waals surface area contributed by atoms with Gasteiger partial charge in [0.1, 0.15) is 6.07 Å². The highest BCUT2D eigenvalue weighted by atomic mass is 16.5. The highest BCUT2D eigenvalue weighted by Crippen LogP contribution is 2.24. The third kappa shape index (κ3) is 3.55. The maximum Gasteiger partial charge on any atom is 0.332 e. The maximum absolute atomic E-state index is 9.91. The van der Waals surface area contributed by atoms with Crippen LogP contribution in [0.5, 0.6) is 0 Å². The Morgan fingerprint density at radius 1 is 1.35 bits per heavy atom. The van der Waals surface area contributed by atoms with E-state index in [4.69, 9.17) is 9.92 Å². The van der Waals surface area contributed by atoms with Crippen LogP contribution >= 0.6 is 0 Å². The topological polar surface area (TPSA) is 66.1 Å². The first-order valence-corrected chi connectivity index (χ1v) is 5.35. The molecule has 0 aromatic carbocycles. The predicted octanol–water partition coefficient (Wildman–Crippen LogP) is 0.764. The summed E-state index contributed by atoms with van der Waals surface area (Å²) in [7, 11) is 1.51. The molecular weight excluding hydrogens is 215 g/mol. The number of aliphatic hydroxyl groups is 1. The van der Waals surface area contributed by atoms with Crippen molar-refractivity contribution in [3.05, 3.63) is 24.0 Å². The van der Waals surface area contributed by atoms with E-state index in [1.807, 2.05) is 6.07 Å². The van der Waals surface area contributed by atoms with Crippen LogP contribution in [0.2, 0.25) is 0 Å². The van der Waals surface area contributed by atoms with Crippen LogP contribution in [0.25, 0.3) is 0 Å². The van der Waals surface area contributed by atoms with E-state index in [9.17, 15) is 5.11 Å². The lowest BCUT2D eigenvalue weighted by Gasteiger charge is -2.37. The fourth-order valence-corrected chi connectivity index (χ4v) is 0.943. The first-order valence-electron chi connectivity index (χ1n) is 5.35. The molecule has 4 nitrogen and oxygen atoms in total. The Balaban J connectivity index is 2.71.